The number of hydrogen-bond donors (Lipinski definition) is 0. The van der Waals surface area contributed by atoms with Gasteiger partial charge in [0.05, 0.1) is 0 Å². The lowest BCUT2D eigenvalue weighted by Crippen LogP contribution is -2.17. The lowest BCUT2D eigenvalue weighted by molar-refractivity contribution is 0.367. The third kappa shape index (κ3) is 6.82. The average molecular weight is 823 g/mol. The van der Waals surface area contributed by atoms with Crippen LogP contribution < -0.4 is 4.90 Å². The van der Waals surface area contributed by atoms with Gasteiger partial charge < -0.3 is 9.47 Å². The van der Waals surface area contributed by atoms with Crippen LogP contribution in [0.2, 0.25) is 0 Å². The molecule has 10 aromatic rings. The van der Waals surface area contributed by atoms with Gasteiger partial charge >= 0.3 is 0 Å². The molecule has 2 nitrogen and oxygen atoms in total. The summed E-state index contributed by atoms with van der Waals surface area (Å²) >= 11 is 0. The molecule has 0 N–H and O–H groups in total. The van der Waals surface area contributed by atoms with E-state index in [-0.39, 0.29) is 0 Å². The van der Waals surface area contributed by atoms with Crippen molar-refractivity contribution in [3.8, 4) is 33.4 Å². The summed E-state index contributed by atoms with van der Waals surface area (Å²) in [6.45, 7) is 0. The van der Waals surface area contributed by atoms with Gasteiger partial charge in [0.1, 0.15) is 0 Å². The summed E-state index contributed by atoms with van der Waals surface area (Å²) in [5.74, 6) is 0. The fourth-order valence-electron chi connectivity index (χ4n) is 11.0. The molecule has 0 bridgehead atoms. The van der Waals surface area contributed by atoms with Crippen molar-refractivity contribution in [2.45, 2.75) is 51.0 Å². The van der Waals surface area contributed by atoms with E-state index in [1.165, 1.54) is 126 Å². The van der Waals surface area contributed by atoms with Gasteiger partial charge in [-0.1, -0.05) is 189 Å². The summed E-state index contributed by atoms with van der Waals surface area (Å²) in [4.78, 5) is 2.48. The number of anilines is 2. The number of fused-ring (bicyclic) bond motifs is 5. The summed E-state index contributed by atoms with van der Waals surface area (Å²) in [5, 5.41) is 7.84. The van der Waals surface area contributed by atoms with Gasteiger partial charge in [-0.15, -0.1) is 0 Å². The molecule has 0 saturated heterocycles. The maximum absolute atomic E-state index is 2.68. The highest BCUT2D eigenvalue weighted by atomic mass is 15.1. The van der Waals surface area contributed by atoms with Crippen LogP contribution in [0.4, 0.5) is 11.4 Å². The molecule has 2 aliphatic rings. The molecule has 2 heteroatoms. The highest BCUT2D eigenvalue weighted by Gasteiger charge is 2.24. The molecule has 0 unspecified atom stereocenters. The highest BCUT2D eigenvalue weighted by molar-refractivity contribution is 6.15. The van der Waals surface area contributed by atoms with Gasteiger partial charge in [0.2, 0.25) is 0 Å². The molecule has 1 fully saturated rings. The molecule has 12 rings (SSSR count). The first-order valence-electron chi connectivity index (χ1n) is 23.2. The molecule has 0 atom stereocenters. The van der Waals surface area contributed by atoms with E-state index in [1.54, 1.807) is 0 Å². The van der Waals surface area contributed by atoms with Crippen molar-refractivity contribution in [2.24, 2.45) is 0 Å². The Balaban J connectivity index is 0.958. The number of hydrogen-bond acceptors (Lipinski definition) is 1. The normalized spacial score (nSPS) is 14.6. The molecule has 64 heavy (non-hydrogen) atoms. The molecule has 1 aromatic heterocycles. The van der Waals surface area contributed by atoms with Crippen molar-refractivity contribution in [3.05, 3.63) is 224 Å². The standard InChI is InChI=1S/C62H50N2/c1-2-21-50(22-3-1)64-60-31-9-8-27-59(60)62-58(30-14-32-61(62)64)49-20-11-24-53(42-49)63(52-23-10-19-48(41-52)57-29-13-18-46-16-5-7-26-55(46)57)51-39-37-44(38-40-51)43-33-35-47(36-34-43)56-28-12-17-45-15-4-6-25-54(45)56/h4-9,11-18,20,23-42,50H,1-3,10,19,21-22H2. The second-order valence-electron chi connectivity index (χ2n) is 17.8. The predicted octanol–water partition coefficient (Wildman–Crippen LogP) is 17.5. The van der Waals surface area contributed by atoms with Crippen LogP contribution in [-0.4, -0.2) is 4.57 Å². The van der Waals surface area contributed by atoms with Gasteiger partial charge in [-0.05, 0) is 134 Å². The molecule has 0 spiro atoms. The number of nitrogens with zero attached hydrogens (tertiary/aromatic N) is 2. The molecule has 0 aliphatic heterocycles. The van der Waals surface area contributed by atoms with Gasteiger partial charge in [0.15, 0.2) is 0 Å². The fraction of sp³-hybridized carbons (Fsp3) is 0.129. The molecular formula is C62H50N2. The Morgan fingerprint density at radius 1 is 0.422 bits per heavy atom. The number of para-hydroxylation sites is 1. The largest absolute Gasteiger partial charge is 0.337 e. The minimum atomic E-state index is 0.541. The Morgan fingerprint density at radius 3 is 1.77 bits per heavy atom. The Kier molecular flexibility index (Phi) is 9.79. The molecule has 9 aromatic carbocycles. The zero-order valence-electron chi connectivity index (χ0n) is 36.1. The minimum absolute atomic E-state index is 0.541. The van der Waals surface area contributed by atoms with E-state index in [0.29, 0.717) is 6.04 Å². The van der Waals surface area contributed by atoms with E-state index >= 15 is 0 Å². The Hall–Kier alpha value is -7.42. The first-order valence-corrected chi connectivity index (χ1v) is 23.2. The number of rotatable bonds is 8. The molecule has 308 valence electrons. The third-order valence-electron chi connectivity index (χ3n) is 14.0. The lowest BCUT2D eigenvalue weighted by atomic mass is 9.91. The zero-order chi connectivity index (χ0) is 42.4. The van der Waals surface area contributed by atoms with E-state index in [2.05, 4.69) is 222 Å². The minimum Gasteiger partial charge on any atom is -0.337 e. The van der Waals surface area contributed by atoms with Crippen molar-refractivity contribution >= 4 is 60.3 Å². The quantitative estimate of drug-likeness (QED) is 0.148. The van der Waals surface area contributed by atoms with E-state index in [4.69, 9.17) is 0 Å². The van der Waals surface area contributed by atoms with Crippen molar-refractivity contribution in [1.29, 1.82) is 0 Å². The first kappa shape index (κ1) is 38.3. The smallest absolute Gasteiger partial charge is 0.0500 e. The van der Waals surface area contributed by atoms with Crippen LogP contribution in [0.25, 0.3) is 82.3 Å². The molecular weight excluding hydrogens is 773 g/mol. The number of allylic oxidation sites excluding steroid dienone is 3. The van der Waals surface area contributed by atoms with Crippen molar-refractivity contribution in [2.75, 3.05) is 4.90 Å². The van der Waals surface area contributed by atoms with Gasteiger partial charge in [-0.3, -0.25) is 0 Å². The first-order chi connectivity index (χ1) is 31.7. The SMILES string of the molecule is C1=C(c2cccc3ccccc23)CCC=C1N(c1ccc(-c2ccc(-c3cccc4ccccc34)cc2)cc1)c1cccc(-c2cccc3c2c2ccccc2n3C2CCCCC2)c1. The monoisotopic (exact) mass is 822 g/mol. The summed E-state index contributed by atoms with van der Waals surface area (Å²) in [5.41, 5.74) is 16.3. The predicted molar refractivity (Wildman–Crippen MR) is 273 cm³/mol. The highest BCUT2D eigenvalue weighted by Crippen LogP contribution is 2.44. The van der Waals surface area contributed by atoms with E-state index < -0.39 is 0 Å². The van der Waals surface area contributed by atoms with Crippen molar-refractivity contribution < 1.29 is 0 Å². The third-order valence-corrected chi connectivity index (χ3v) is 14.0. The van der Waals surface area contributed by atoms with Gasteiger partial charge in [0, 0.05) is 44.9 Å². The van der Waals surface area contributed by atoms with Crippen LogP contribution in [0, 0.1) is 0 Å². The zero-order valence-corrected chi connectivity index (χ0v) is 36.1. The second-order valence-corrected chi connectivity index (χ2v) is 17.8. The second kappa shape index (κ2) is 16.4. The van der Waals surface area contributed by atoms with Crippen LogP contribution in [-0.2, 0) is 0 Å². The number of aromatic nitrogens is 1. The molecule has 0 radical (unpaired) electrons. The van der Waals surface area contributed by atoms with Crippen LogP contribution in [0.3, 0.4) is 0 Å². The van der Waals surface area contributed by atoms with Crippen molar-refractivity contribution in [3.63, 3.8) is 0 Å². The lowest BCUT2D eigenvalue weighted by Gasteiger charge is -2.30. The molecule has 0 amide bonds. The Labute approximate surface area is 376 Å². The van der Waals surface area contributed by atoms with Crippen LogP contribution in [0.5, 0.6) is 0 Å². The fourth-order valence-corrected chi connectivity index (χ4v) is 11.0. The van der Waals surface area contributed by atoms with Crippen LogP contribution in [0.1, 0.15) is 56.6 Å². The van der Waals surface area contributed by atoms with Crippen LogP contribution in [0.15, 0.2) is 218 Å². The summed E-state index contributed by atoms with van der Waals surface area (Å²) in [7, 11) is 0. The summed E-state index contributed by atoms with van der Waals surface area (Å²) < 4.78 is 2.68. The maximum Gasteiger partial charge on any atom is 0.0500 e. The van der Waals surface area contributed by atoms with E-state index in [9.17, 15) is 0 Å². The van der Waals surface area contributed by atoms with Crippen LogP contribution >= 0.6 is 0 Å². The molecule has 2 aliphatic carbocycles. The Bertz CT molecular complexity index is 3400. The van der Waals surface area contributed by atoms with Gasteiger partial charge in [0.25, 0.3) is 0 Å². The summed E-state index contributed by atoms with van der Waals surface area (Å²) in [6.07, 6.45) is 13.3. The van der Waals surface area contributed by atoms with Crippen molar-refractivity contribution in [1.82, 2.24) is 4.57 Å². The topological polar surface area (TPSA) is 8.17 Å². The van der Waals surface area contributed by atoms with Gasteiger partial charge in [-0.25, -0.2) is 0 Å². The van der Waals surface area contributed by atoms with E-state index in [0.717, 1.165) is 24.2 Å². The average Bonchev–Trinajstić information content (AvgIpc) is 3.71. The van der Waals surface area contributed by atoms with E-state index in [1.807, 2.05) is 0 Å². The summed E-state index contributed by atoms with van der Waals surface area (Å²) in [6, 6.07) is 74.9. The Morgan fingerprint density at radius 2 is 1.00 bits per heavy atom. The number of benzene rings is 9. The molecule has 1 heterocycles. The van der Waals surface area contributed by atoms with Gasteiger partial charge in [-0.2, -0.15) is 0 Å². The maximum atomic E-state index is 2.68. The molecule has 1 saturated carbocycles.